The monoisotopic (exact) mass is 525 g/mol. The maximum Gasteiger partial charge on any atom is 0.573 e. The van der Waals surface area contributed by atoms with Crippen molar-refractivity contribution < 1.29 is 32.2 Å². The third-order valence-electron chi connectivity index (χ3n) is 4.72. The Hall–Kier alpha value is -3.26. The number of nitriles is 1. The summed E-state index contributed by atoms with van der Waals surface area (Å²) in [5, 5.41) is 11.8. The molecule has 174 valence electrons. The quantitative estimate of drug-likeness (QED) is 0.380. The summed E-state index contributed by atoms with van der Waals surface area (Å²) < 4.78 is 55.2. The standard InChI is InChI=1S/C22H19BrF3N3O4/c1-3-31-20-19-15(7-9-28-20)29-12(2)17(21(30)32-10-4-8-27)18(19)14-6-5-13(23)11-16(14)33-22(24,25)26/h5-7,9,11,18,29H,3-4,10H2,1-2H3. The molecule has 1 aromatic heterocycles. The van der Waals surface area contributed by atoms with Gasteiger partial charge in [-0.1, -0.05) is 22.0 Å². The number of pyridine rings is 1. The van der Waals surface area contributed by atoms with E-state index in [9.17, 15) is 18.0 Å². The first-order chi connectivity index (χ1) is 15.7. The van der Waals surface area contributed by atoms with E-state index >= 15 is 0 Å². The molecule has 7 nitrogen and oxygen atoms in total. The van der Waals surface area contributed by atoms with Crippen LogP contribution in [-0.4, -0.2) is 30.5 Å². The van der Waals surface area contributed by atoms with Gasteiger partial charge in [0.2, 0.25) is 5.88 Å². The number of ether oxygens (including phenoxy) is 3. The molecule has 0 saturated heterocycles. The van der Waals surface area contributed by atoms with E-state index in [2.05, 4.69) is 31.0 Å². The second-order valence-corrected chi connectivity index (χ2v) is 7.80. The van der Waals surface area contributed by atoms with Crippen LogP contribution in [0.15, 0.2) is 46.2 Å². The van der Waals surface area contributed by atoms with Gasteiger partial charge >= 0.3 is 12.3 Å². The van der Waals surface area contributed by atoms with E-state index in [0.29, 0.717) is 21.4 Å². The zero-order chi connectivity index (χ0) is 24.2. The van der Waals surface area contributed by atoms with E-state index in [1.807, 2.05) is 6.07 Å². The minimum atomic E-state index is -4.96. The van der Waals surface area contributed by atoms with Crippen molar-refractivity contribution in [2.75, 3.05) is 18.5 Å². The second kappa shape index (κ2) is 10.1. The number of allylic oxidation sites excluding steroid dienone is 1. The molecule has 2 heterocycles. The largest absolute Gasteiger partial charge is 0.573 e. The summed E-state index contributed by atoms with van der Waals surface area (Å²) in [7, 11) is 0. The topological polar surface area (TPSA) is 93.5 Å². The maximum absolute atomic E-state index is 13.2. The lowest BCUT2D eigenvalue weighted by molar-refractivity contribution is -0.274. The Balaban J connectivity index is 2.25. The highest BCUT2D eigenvalue weighted by Crippen LogP contribution is 2.49. The van der Waals surface area contributed by atoms with Crippen molar-refractivity contribution in [1.29, 1.82) is 5.26 Å². The second-order valence-electron chi connectivity index (χ2n) is 6.88. The molecular formula is C22H19BrF3N3O4. The van der Waals surface area contributed by atoms with Gasteiger partial charge in [-0.25, -0.2) is 9.78 Å². The number of benzene rings is 1. The van der Waals surface area contributed by atoms with Gasteiger partial charge in [-0.3, -0.25) is 0 Å². The van der Waals surface area contributed by atoms with Crippen LogP contribution in [-0.2, 0) is 9.53 Å². The SMILES string of the molecule is CCOc1nccc2c1C(c1ccc(Br)cc1OC(F)(F)F)C(C(=O)OCCC#N)=C(C)N2. The van der Waals surface area contributed by atoms with Crippen molar-refractivity contribution in [3.05, 3.63) is 57.3 Å². The van der Waals surface area contributed by atoms with E-state index in [-0.39, 0.29) is 36.7 Å². The summed E-state index contributed by atoms with van der Waals surface area (Å²) in [5.74, 6) is -2.16. The molecule has 1 atom stereocenters. The highest BCUT2D eigenvalue weighted by Gasteiger charge is 2.40. The van der Waals surface area contributed by atoms with Crippen LogP contribution in [0.25, 0.3) is 0 Å². The number of rotatable bonds is 7. The summed E-state index contributed by atoms with van der Waals surface area (Å²) >= 11 is 3.17. The number of hydrogen-bond donors (Lipinski definition) is 1. The summed E-state index contributed by atoms with van der Waals surface area (Å²) in [5.41, 5.74) is 1.39. The van der Waals surface area contributed by atoms with E-state index in [1.165, 1.54) is 18.3 Å². The number of anilines is 1. The van der Waals surface area contributed by atoms with Gasteiger partial charge in [0.1, 0.15) is 12.4 Å². The summed E-state index contributed by atoms with van der Waals surface area (Å²) in [6.07, 6.45) is -3.50. The lowest BCUT2D eigenvalue weighted by Gasteiger charge is -2.32. The molecule has 0 fully saturated rings. The first-order valence-electron chi connectivity index (χ1n) is 9.85. The minimum absolute atomic E-state index is 0.0286. The molecule has 0 aliphatic carbocycles. The van der Waals surface area contributed by atoms with Gasteiger partial charge in [0.25, 0.3) is 0 Å². The average molecular weight is 526 g/mol. The number of nitrogens with one attached hydrogen (secondary N) is 1. The summed E-state index contributed by atoms with van der Waals surface area (Å²) in [6.45, 7) is 3.43. The molecule has 1 aliphatic rings. The normalized spacial score (nSPS) is 15.2. The van der Waals surface area contributed by atoms with Gasteiger partial charge in [-0.15, -0.1) is 13.2 Å². The molecule has 1 aliphatic heterocycles. The van der Waals surface area contributed by atoms with Crippen LogP contribution in [0.4, 0.5) is 18.9 Å². The van der Waals surface area contributed by atoms with Crippen LogP contribution < -0.4 is 14.8 Å². The van der Waals surface area contributed by atoms with Crippen molar-refractivity contribution in [2.45, 2.75) is 32.5 Å². The fourth-order valence-corrected chi connectivity index (χ4v) is 3.87. The summed E-state index contributed by atoms with van der Waals surface area (Å²) in [4.78, 5) is 17.3. The molecule has 0 saturated carbocycles. The van der Waals surface area contributed by atoms with E-state index < -0.39 is 24.0 Å². The van der Waals surface area contributed by atoms with Crippen LogP contribution in [0.1, 0.15) is 37.3 Å². The number of aromatic nitrogens is 1. The van der Waals surface area contributed by atoms with Gasteiger partial charge in [-0.2, -0.15) is 5.26 Å². The Kier molecular flexibility index (Phi) is 7.48. The zero-order valence-electron chi connectivity index (χ0n) is 17.6. The Morgan fingerprint density at radius 1 is 1.33 bits per heavy atom. The van der Waals surface area contributed by atoms with Crippen molar-refractivity contribution in [3.8, 4) is 17.7 Å². The molecule has 1 aromatic carbocycles. The molecule has 0 spiro atoms. The number of alkyl halides is 3. The van der Waals surface area contributed by atoms with E-state index in [1.54, 1.807) is 26.0 Å². The predicted molar refractivity (Wildman–Crippen MR) is 116 cm³/mol. The Morgan fingerprint density at radius 2 is 2.09 bits per heavy atom. The van der Waals surface area contributed by atoms with E-state index in [0.717, 1.165) is 0 Å². The number of carbonyl (C=O) groups excluding carboxylic acids is 1. The Bertz CT molecular complexity index is 1130. The van der Waals surface area contributed by atoms with Crippen LogP contribution >= 0.6 is 15.9 Å². The van der Waals surface area contributed by atoms with Crippen LogP contribution in [0.2, 0.25) is 0 Å². The van der Waals surface area contributed by atoms with Gasteiger partial charge in [0.15, 0.2) is 0 Å². The van der Waals surface area contributed by atoms with Crippen molar-refractivity contribution in [3.63, 3.8) is 0 Å². The number of fused-ring (bicyclic) bond motifs is 1. The molecule has 0 bridgehead atoms. The molecular weight excluding hydrogens is 507 g/mol. The van der Waals surface area contributed by atoms with Crippen molar-refractivity contribution in [1.82, 2.24) is 4.98 Å². The lowest BCUT2D eigenvalue weighted by Crippen LogP contribution is -2.27. The lowest BCUT2D eigenvalue weighted by atomic mass is 9.80. The van der Waals surface area contributed by atoms with Gasteiger partial charge in [0, 0.05) is 27.6 Å². The molecule has 1 unspecified atom stereocenters. The smallest absolute Gasteiger partial charge is 0.478 e. The zero-order valence-corrected chi connectivity index (χ0v) is 19.2. The molecule has 2 aromatic rings. The van der Waals surface area contributed by atoms with E-state index in [4.69, 9.17) is 14.7 Å². The molecule has 0 amide bonds. The molecule has 33 heavy (non-hydrogen) atoms. The molecule has 1 N–H and O–H groups in total. The molecule has 3 rings (SSSR count). The molecule has 0 radical (unpaired) electrons. The predicted octanol–water partition coefficient (Wildman–Crippen LogP) is 5.43. The van der Waals surface area contributed by atoms with Gasteiger partial charge in [-0.05, 0) is 32.0 Å². The van der Waals surface area contributed by atoms with Crippen LogP contribution in [0, 0.1) is 11.3 Å². The van der Waals surface area contributed by atoms with Gasteiger partial charge < -0.3 is 19.5 Å². The number of hydrogen-bond acceptors (Lipinski definition) is 7. The fraction of sp³-hybridized carbons (Fsp3) is 0.318. The number of carbonyl (C=O) groups is 1. The first-order valence-corrected chi connectivity index (χ1v) is 10.6. The molecule has 11 heteroatoms. The number of nitrogens with zero attached hydrogens (tertiary/aromatic N) is 2. The average Bonchev–Trinajstić information content (AvgIpc) is 2.72. The number of esters is 1. The van der Waals surface area contributed by atoms with Crippen molar-refractivity contribution >= 4 is 27.6 Å². The summed E-state index contributed by atoms with van der Waals surface area (Å²) in [6, 6.07) is 7.66. The minimum Gasteiger partial charge on any atom is -0.478 e. The third-order valence-corrected chi connectivity index (χ3v) is 5.21. The Morgan fingerprint density at radius 3 is 2.76 bits per heavy atom. The van der Waals surface area contributed by atoms with Crippen LogP contribution in [0.5, 0.6) is 11.6 Å². The fourth-order valence-electron chi connectivity index (χ4n) is 3.53. The highest BCUT2D eigenvalue weighted by atomic mass is 79.9. The van der Waals surface area contributed by atoms with Gasteiger partial charge in [0.05, 0.1) is 36.2 Å². The first kappa shape index (κ1) is 24.4. The van der Waals surface area contributed by atoms with Crippen LogP contribution in [0.3, 0.4) is 0 Å². The Labute approximate surface area is 196 Å². The van der Waals surface area contributed by atoms with Crippen molar-refractivity contribution in [2.24, 2.45) is 0 Å². The third kappa shape index (κ3) is 5.57. The maximum atomic E-state index is 13.2. The highest BCUT2D eigenvalue weighted by molar-refractivity contribution is 9.10. The number of halogens is 4.